The van der Waals surface area contributed by atoms with Crippen molar-refractivity contribution >= 4 is 17.7 Å². The number of carbonyl (C=O) groups is 1. The molecule has 2 aromatic rings. The number of rotatable bonds is 4. The van der Waals surface area contributed by atoms with Crippen molar-refractivity contribution in [3.63, 3.8) is 0 Å². The summed E-state index contributed by atoms with van der Waals surface area (Å²) >= 11 is 1.27. The van der Waals surface area contributed by atoms with E-state index in [1.165, 1.54) is 40.9 Å². The second-order valence-corrected chi connectivity index (χ2v) is 8.63. The molecule has 0 spiro atoms. The maximum Gasteiger partial charge on any atom is 0.231 e. The second kappa shape index (κ2) is 7.78. The lowest BCUT2D eigenvalue weighted by atomic mass is 9.85. The molecule has 0 unspecified atom stereocenters. The summed E-state index contributed by atoms with van der Waals surface area (Å²) < 4.78 is 19.0. The van der Waals surface area contributed by atoms with Gasteiger partial charge in [-0.2, -0.15) is 5.26 Å². The van der Waals surface area contributed by atoms with Gasteiger partial charge >= 0.3 is 0 Å². The van der Waals surface area contributed by atoms with Crippen LogP contribution in [0.1, 0.15) is 37.3 Å². The van der Waals surface area contributed by atoms with Gasteiger partial charge in [-0.15, -0.1) is 11.8 Å². The number of nitriles is 1. The normalized spacial score (nSPS) is 23.5. The van der Waals surface area contributed by atoms with Gasteiger partial charge in [-0.3, -0.25) is 9.69 Å². The highest BCUT2D eigenvalue weighted by Crippen LogP contribution is 2.51. The standard InChI is InChI=1S/C23H21FN2O3S/c1-14(2)29-18-9-3-15(4-10-18)19-11-21(27)26-22(20(19)12-25)30-13-23(26,28)16-5-7-17(24)8-6-16/h3-10,14,19,28H,11,13H2,1-2H3/t19-,23+/m0/s1. The molecule has 2 aliphatic heterocycles. The van der Waals surface area contributed by atoms with Crippen molar-refractivity contribution in [2.24, 2.45) is 0 Å². The summed E-state index contributed by atoms with van der Waals surface area (Å²) in [5.74, 6) is -0.169. The van der Waals surface area contributed by atoms with E-state index in [0.717, 1.165) is 11.3 Å². The molecule has 4 rings (SSSR count). The maximum atomic E-state index is 13.3. The van der Waals surface area contributed by atoms with Gasteiger partial charge in [0.05, 0.1) is 28.5 Å². The van der Waals surface area contributed by atoms with Crippen LogP contribution >= 0.6 is 11.8 Å². The molecule has 154 valence electrons. The second-order valence-electron chi connectivity index (χ2n) is 7.66. The first-order chi connectivity index (χ1) is 14.3. The number of benzene rings is 2. The van der Waals surface area contributed by atoms with Crippen LogP contribution in [0.2, 0.25) is 0 Å². The van der Waals surface area contributed by atoms with E-state index >= 15 is 0 Å². The van der Waals surface area contributed by atoms with Crippen molar-refractivity contribution in [1.29, 1.82) is 5.26 Å². The zero-order valence-electron chi connectivity index (χ0n) is 16.6. The van der Waals surface area contributed by atoms with Gasteiger partial charge in [-0.1, -0.05) is 24.3 Å². The van der Waals surface area contributed by atoms with E-state index in [-0.39, 0.29) is 30.1 Å². The molecule has 2 heterocycles. The molecule has 0 bridgehead atoms. The molecule has 2 aromatic carbocycles. The first kappa shape index (κ1) is 20.5. The van der Waals surface area contributed by atoms with Crippen molar-refractivity contribution in [2.45, 2.75) is 38.0 Å². The Morgan fingerprint density at radius 2 is 1.90 bits per heavy atom. The van der Waals surface area contributed by atoms with Crippen LogP contribution < -0.4 is 4.74 Å². The number of fused-ring (bicyclic) bond motifs is 1. The predicted molar refractivity (Wildman–Crippen MR) is 112 cm³/mol. The topological polar surface area (TPSA) is 73.6 Å². The Balaban J connectivity index is 1.71. The van der Waals surface area contributed by atoms with Gasteiger partial charge in [-0.05, 0) is 43.7 Å². The molecule has 0 saturated carbocycles. The van der Waals surface area contributed by atoms with Gasteiger partial charge in [-0.25, -0.2) is 4.39 Å². The molecule has 7 heteroatoms. The molecule has 1 fully saturated rings. The molecule has 2 aliphatic rings. The summed E-state index contributed by atoms with van der Waals surface area (Å²) in [7, 11) is 0. The smallest absolute Gasteiger partial charge is 0.231 e. The summed E-state index contributed by atoms with van der Waals surface area (Å²) in [4.78, 5) is 14.4. The van der Waals surface area contributed by atoms with Crippen molar-refractivity contribution in [1.82, 2.24) is 4.90 Å². The maximum absolute atomic E-state index is 13.3. The highest BCUT2D eigenvalue weighted by Gasteiger charge is 2.51. The van der Waals surface area contributed by atoms with E-state index in [0.29, 0.717) is 16.2 Å². The number of nitrogens with zero attached hydrogens (tertiary/aromatic N) is 2. The van der Waals surface area contributed by atoms with Crippen LogP contribution in [-0.2, 0) is 10.5 Å². The fourth-order valence-electron chi connectivity index (χ4n) is 3.89. The van der Waals surface area contributed by atoms with E-state index in [9.17, 15) is 19.6 Å². The highest BCUT2D eigenvalue weighted by molar-refractivity contribution is 8.03. The summed E-state index contributed by atoms with van der Waals surface area (Å²) in [5, 5.41) is 21.7. The first-order valence-corrected chi connectivity index (χ1v) is 10.7. The summed E-state index contributed by atoms with van der Waals surface area (Å²) in [5.41, 5.74) is 0.120. The monoisotopic (exact) mass is 424 g/mol. The lowest BCUT2D eigenvalue weighted by molar-refractivity contribution is -0.149. The van der Waals surface area contributed by atoms with Gasteiger partial charge in [0.1, 0.15) is 11.6 Å². The number of halogens is 1. The summed E-state index contributed by atoms with van der Waals surface area (Å²) in [6, 6.07) is 15.1. The van der Waals surface area contributed by atoms with Crippen LogP contribution in [0.3, 0.4) is 0 Å². The van der Waals surface area contributed by atoms with Crippen LogP contribution in [-0.4, -0.2) is 27.8 Å². The van der Waals surface area contributed by atoms with E-state index < -0.39 is 11.5 Å². The molecule has 1 amide bonds. The molecule has 1 N–H and O–H groups in total. The summed E-state index contributed by atoms with van der Waals surface area (Å²) in [6.45, 7) is 3.89. The Kier molecular flexibility index (Phi) is 5.31. The fraction of sp³-hybridized carbons (Fsp3) is 0.304. The quantitative estimate of drug-likeness (QED) is 0.794. The van der Waals surface area contributed by atoms with E-state index in [2.05, 4.69) is 6.07 Å². The lowest BCUT2D eigenvalue weighted by Gasteiger charge is -2.38. The average molecular weight is 424 g/mol. The van der Waals surface area contributed by atoms with Crippen LogP contribution in [0.15, 0.2) is 59.1 Å². The Morgan fingerprint density at radius 1 is 1.23 bits per heavy atom. The number of thioether (sulfide) groups is 1. The van der Waals surface area contributed by atoms with Gasteiger partial charge < -0.3 is 9.84 Å². The molecule has 1 saturated heterocycles. The Morgan fingerprint density at radius 3 is 2.50 bits per heavy atom. The Labute approximate surface area is 178 Å². The molecule has 0 aromatic heterocycles. The molecule has 5 nitrogen and oxygen atoms in total. The van der Waals surface area contributed by atoms with Crippen molar-refractivity contribution in [2.75, 3.05) is 5.75 Å². The largest absolute Gasteiger partial charge is 0.491 e. The molecule has 0 aliphatic carbocycles. The first-order valence-electron chi connectivity index (χ1n) is 9.68. The van der Waals surface area contributed by atoms with Gasteiger partial charge in [0.25, 0.3) is 0 Å². The number of aliphatic hydroxyl groups is 1. The molecule has 30 heavy (non-hydrogen) atoms. The number of hydrogen-bond donors (Lipinski definition) is 1. The predicted octanol–water partition coefficient (Wildman–Crippen LogP) is 4.26. The number of amides is 1. The highest BCUT2D eigenvalue weighted by atomic mass is 32.2. The van der Waals surface area contributed by atoms with Crippen molar-refractivity contribution in [3.8, 4) is 11.8 Å². The Hall–Kier alpha value is -2.82. The Bertz CT molecular complexity index is 1040. The molecular weight excluding hydrogens is 403 g/mol. The SMILES string of the molecule is CC(C)Oc1ccc([C@@H]2CC(=O)N3C(=C2C#N)SC[C@@]3(O)c2ccc(F)cc2)cc1. The number of allylic oxidation sites excluding steroid dienone is 1. The van der Waals surface area contributed by atoms with Crippen LogP contribution in [0.4, 0.5) is 4.39 Å². The van der Waals surface area contributed by atoms with Gasteiger partial charge in [0.2, 0.25) is 5.91 Å². The molecule has 0 radical (unpaired) electrons. The van der Waals surface area contributed by atoms with Crippen LogP contribution in [0, 0.1) is 17.1 Å². The zero-order chi connectivity index (χ0) is 21.5. The number of ether oxygens (including phenoxy) is 1. The number of hydrogen-bond acceptors (Lipinski definition) is 5. The lowest BCUT2D eigenvalue weighted by Crippen LogP contribution is -2.48. The van der Waals surface area contributed by atoms with Crippen LogP contribution in [0.25, 0.3) is 0 Å². The third-order valence-corrected chi connectivity index (χ3v) is 6.49. The summed E-state index contributed by atoms with van der Waals surface area (Å²) in [6.07, 6.45) is 0.123. The van der Waals surface area contributed by atoms with Gasteiger partial charge in [0.15, 0.2) is 5.72 Å². The molecular formula is C23H21FN2O3S. The average Bonchev–Trinajstić information content (AvgIpc) is 3.08. The van der Waals surface area contributed by atoms with E-state index in [4.69, 9.17) is 4.74 Å². The minimum Gasteiger partial charge on any atom is -0.491 e. The molecule has 2 atom stereocenters. The van der Waals surface area contributed by atoms with E-state index in [1.54, 1.807) is 0 Å². The van der Waals surface area contributed by atoms with Gasteiger partial charge in [0, 0.05) is 17.9 Å². The third-order valence-electron chi connectivity index (χ3n) is 5.27. The fourth-order valence-corrected chi connectivity index (χ4v) is 5.25. The van der Waals surface area contributed by atoms with Crippen molar-refractivity contribution in [3.05, 3.63) is 76.1 Å². The van der Waals surface area contributed by atoms with E-state index in [1.807, 2.05) is 38.1 Å². The minimum absolute atomic E-state index is 0.0523. The van der Waals surface area contributed by atoms with Crippen molar-refractivity contribution < 1.29 is 19.0 Å². The van der Waals surface area contributed by atoms with Crippen LogP contribution in [0.5, 0.6) is 5.75 Å². The minimum atomic E-state index is -1.60. The number of carbonyl (C=O) groups excluding carboxylic acids is 1. The zero-order valence-corrected chi connectivity index (χ0v) is 17.4. The third kappa shape index (κ3) is 3.47.